The molecule has 0 saturated carbocycles. The summed E-state index contributed by atoms with van der Waals surface area (Å²) in [5.74, 6) is -1.73. The Hall–Kier alpha value is -2.20. The van der Waals surface area contributed by atoms with Crippen LogP contribution in [0.4, 0.5) is 0 Å². The normalized spacial score (nSPS) is 17.7. The molecule has 164 valence electrons. The van der Waals surface area contributed by atoms with Gasteiger partial charge in [-0.3, -0.25) is 19.9 Å². The molecule has 10 nitrogen and oxygen atoms in total. The van der Waals surface area contributed by atoms with E-state index in [2.05, 4.69) is 21.7 Å². The lowest BCUT2D eigenvalue weighted by Crippen LogP contribution is -2.53. The first-order chi connectivity index (χ1) is 13.3. The molecule has 0 bridgehead atoms. The second-order valence-electron chi connectivity index (χ2n) is 6.18. The van der Waals surface area contributed by atoms with E-state index in [0.29, 0.717) is 19.4 Å². The average molecular weight is 403 g/mol. The number of nitrogens with zero attached hydrogens (tertiary/aromatic N) is 1. The van der Waals surface area contributed by atoms with Crippen LogP contribution >= 0.6 is 0 Å². The summed E-state index contributed by atoms with van der Waals surface area (Å²) in [6.07, 6.45) is 3.47. The number of hydrogen-bond acceptors (Lipinski definition) is 6. The molecule has 2 amide bonds. The van der Waals surface area contributed by atoms with Gasteiger partial charge in [-0.05, 0) is 59.8 Å². The molecule has 1 fully saturated rings. The van der Waals surface area contributed by atoms with E-state index in [1.54, 1.807) is 14.0 Å². The predicted molar refractivity (Wildman–Crippen MR) is 110 cm³/mol. The SMILES string of the molecule is CC.CNCCCC(NC(=O)C(C)NC(=O)C1CCCN1C)C(=O)O.N=CN. The lowest BCUT2D eigenvalue weighted by molar-refractivity contribution is -0.142. The molecule has 0 aromatic carbocycles. The average Bonchev–Trinajstić information content (AvgIpc) is 3.09. The van der Waals surface area contributed by atoms with Crippen molar-refractivity contribution < 1.29 is 19.5 Å². The van der Waals surface area contributed by atoms with E-state index >= 15 is 0 Å². The molecule has 1 aliphatic rings. The van der Waals surface area contributed by atoms with Crippen LogP contribution in [-0.2, 0) is 14.4 Å². The Labute approximate surface area is 168 Å². The van der Waals surface area contributed by atoms with Crippen molar-refractivity contribution in [2.45, 2.75) is 64.6 Å². The van der Waals surface area contributed by atoms with E-state index in [1.807, 2.05) is 25.8 Å². The smallest absolute Gasteiger partial charge is 0.326 e. The quantitative estimate of drug-likeness (QED) is 0.176. The highest BCUT2D eigenvalue weighted by atomic mass is 16.4. The van der Waals surface area contributed by atoms with Gasteiger partial charge in [0.25, 0.3) is 0 Å². The molecule has 1 saturated heterocycles. The van der Waals surface area contributed by atoms with E-state index in [-0.39, 0.29) is 11.9 Å². The van der Waals surface area contributed by atoms with Crippen molar-refractivity contribution in [2.24, 2.45) is 5.73 Å². The van der Waals surface area contributed by atoms with Crippen molar-refractivity contribution in [3.8, 4) is 0 Å². The predicted octanol–water partition coefficient (Wildman–Crippen LogP) is -0.267. The molecule has 28 heavy (non-hydrogen) atoms. The summed E-state index contributed by atoms with van der Waals surface area (Å²) in [5.41, 5.74) is 4.39. The molecular formula is C18H38N6O4. The molecule has 1 heterocycles. The summed E-state index contributed by atoms with van der Waals surface area (Å²) >= 11 is 0. The Morgan fingerprint density at radius 3 is 2.32 bits per heavy atom. The van der Waals surface area contributed by atoms with Gasteiger partial charge in [-0.1, -0.05) is 13.8 Å². The zero-order valence-electron chi connectivity index (χ0n) is 17.7. The molecule has 0 spiro atoms. The first-order valence-corrected chi connectivity index (χ1v) is 9.67. The lowest BCUT2D eigenvalue weighted by atomic mass is 10.1. The third-order valence-corrected chi connectivity index (χ3v) is 4.11. The first kappa shape index (κ1) is 28.0. The molecule has 0 aliphatic carbocycles. The van der Waals surface area contributed by atoms with Crippen molar-refractivity contribution in [2.75, 3.05) is 27.2 Å². The molecule has 1 aliphatic heterocycles. The maximum absolute atomic E-state index is 12.1. The van der Waals surface area contributed by atoms with Crippen LogP contribution in [-0.4, -0.2) is 79.4 Å². The lowest BCUT2D eigenvalue weighted by Gasteiger charge is -2.22. The number of likely N-dealkylation sites (tertiary alicyclic amines) is 1. The molecule has 0 radical (unpaired) electrons. The maximum Gasteiger partial charge on any atom is 0.326 e. The number of nitrogens with two attached hydrogens (primary N) is 1. The molecule has 0 aromatic rings. The van der Waals surface area contributed by atoms with Crippen molar-refractivity contribution in [1.82, 2.24) is 20.9 Å². The van der Waals surface area contributed by atoms with Crippen LogP contribution in [0.2, 0.25) is 0 Å². The first-order valence-electron chi connectivity index (χ1n) is 9.67. The number of hydrogen-bond donors (Lipinski definition) is 6. The van der Waals surface area contributed by atoms with Gasteiger partial charge in [-0.25, -0.2) is 4.79 Å². The number of carbonyl (C=O) groups is 3. The number of amides is 2. The van der Waals surface area contributed by atoms with E-state index in [1.165, 1.54) is 0 Å². The Kier molecular flexibility index (Phi) is 16.9. The van der Waals surface area contributed by atoms with Crippen LogP contribution in [0.5, 0.6) is 0 Å². The minimum absolute atomic E-state index is 0.185. The number of nitrogens with one attached hydrogen (secondary N) is 4. The molecule has 3 atom stereocenters. The summed E-state index contributed by atoms with van der Waals surface area (Å²) in [6.45, 7) is 7.11. The minimum Gasteiger partial charge on any atom is -0.480 e. The molecule has 10 heteroatoms. The second kappa shape index (κ2) is 16.9. The number of aliphatic carboxylic acids is 1. The van der Waals surface area contributed by atoms with Gasteiger partial charge >= 0.3 is 5.97 Å². The monoisotopic (exact) mass is 402 g/mol. The van der Waals surface area contributed by atoms with E-state index in [4.69, 9.17) is 10.5 Å². The number of carboxylic acids is 1. The highest BCUT2D eigenvalue weighted by Crippen LogP contribution is 2.14. The van der Waals surface area contributed by atoms with Gasteiger partial charge in [0.2, 0.25) is 11.8 Å². The van der Waals surface area contributed by atoms with Crippen LogP contribution in [0.1, 0.15) is 46.5 Å². The van der Waals surface area contributed by atoms with Crippen LogP contribution in [0.15, 0.2) is 0 Å². The number of rotatable bonds is 9. The Bertz CT molecular complexity index is 475. The fourth-order valence-electron chi connectivity index (χ4n) is 2.65. The maximum atomic E-state index is 12.1. The zero-order chi connectivity index (χ0) is 22.1. The summed E-state index contributed by atoms with van der Waals surface area (Å²) in [5, 5.41) is 23.1. The molecule has 3 unspecified atom stereocenters. The van der Waals surface area contributed by atoms with Crippen LogP contribution < -0.4 is 21.7 Å². The number of carboxylic acid groups (broad SMARTS) is 1. The van der Waals surface area contributed by atoms with Gasteiger partial charge < -0.3 is 26.8 Å². The van der Waals surface area contributed by atoms with Crippen molar-refractivity contribution in [1.29, 1.82) is 5.41 Å². The summed E-state index contributed by atoms with van der Waals surface area (Å²) in [7, 11) is 3.66. The Balaban J connectivity index is 0. The fourth-order valence-corrected chi connectivity index (χ4v) is 2.65. The van der Waals surface area contributed by atoms with Gasteiger partial charge in [0.15, 0.2) is 0 Å². The van der Waals surface area contributed by atoms with Crippen molar-refractivity contribution in [3.63, 3.8) is 0 Å². The third kappa shape index (κ3) is 11.5. The highest BCUT2D eigenvalue weighted by molar-refractivity contribution is 5.91. The molecule has 7 N–H and O–H groups in total. The van der Waals surface area contributed by atoms with Crippen molar-refractivity contribution >= 4 is 24.1 Å². The third-order valence-electron chi connectivity index (χ3n) is 4.11. The van der Waals surface area contributed by atoms with E-state index in [0.717, 1.165) is 25.7 Å². The van der Waals surface area contributed by atoms with Crippen molar-refractivity contribution in [3.05, 3.63) is 0 Å². The van der Waals surface area contributed by atoms with Crippen LogP contribution in [0, 0.1) is 5.41 Å². The highest BCUT2D eigenvalue weighted by Gasteiger charge is 2.30. The Morgan fingerprint density at radius 2 is 1.89 bits per heavy atom. The topological polar surface area (TPSA) is 161 Å². The second-order valence-corrected chi connectivity index (χ2v) is 6.18. The number of carbonyl (C=O) groups excluding carboxylic acids is 2. The fraction of sp³-hybridized carbons (Fsp3) is 0.778. The van der Waals surface area contributed by atoms with Gasteiger partial charge in [-0.2, -0.15) is 0 Å². The summed E-state index contributed by atoms with van der Waals surface area (Å²) < 4.78 is 0. The Morgan fingerprint density at radius 1 is 1.32 bits per heavy atom. The van der Waals surface area contributed by atoms with E-state index < -0.39 is 24.0 Å². The number of likely N-dealkylation sites (N-methyl/N-ethyl adjacent to an activating group) is 1. The van der Waals surface area contributed by atoms with Gasteiger partial charge in [0.1, 0.15) is 12.1 Å². The van der Waals surface area contributed by atoms with Crippen LogP contribution in [0.25, 0.3) is 0 Å². The van der Waals surface area contributed by atoms with Gasteiger partial charge in [0, 0.05) is 0 Å². The van der Waals surface area contributed by atoms with Gasteiger partial charge in [-0.15, -0.1) is 0 Å². The summed E-state index contributed by atoms with van der Waals surface area (Å²) in [4.78, 5) is 37.4. The molecule has 1 rings (SSSR count). The minimum atomic E-state index is -1.07. The van der Waals surface area contributed by atoms with Crippen LogP contribution in [0.3, 0.4) is 0 Å². The molecule has 0 aromatic heterocycles. The molecular weight excluding hydrogens is 364 g/mol. The standard InChI is InChI=1S/C15H28N4O4.C2H6.CH4N2/c1-10(17-14(21)12-7-5-9-19(12)3)13(20)18-11(15(22)23)6-4-8-16-2;1-2;2-1-3/h10-12,16H,4-9H2,1-3H3,(H,17,21)(H,18,20)(H,22,23);1-2H3;1H,(H3,2,3). The van der Waals surface area contributed by atoms with E-state index in [9.17, 15) is 14.4 Å². The zero-order valence-corrected chi connectivity index (χ0v) is 17.7. The van der Waals surface area contributed by atoms with Gasteiger partial charge in [0.05, 0.1) is 12.4 Å². The largest absolute Gasteiger partial charge is 0.480 e. The summed E-state index contributed by atoms with van der Waals surface area (Å²) in [6, 6.07) is -1.91.